The molecule has 20 heavy (non-hydrogen) atoms. The van der Waals surface area contributed by atoms with Crippen LogP contribution in [0.4, 0.5) is 0 Å². The zero-order chi connectivity index (χ0) is 14.4. The average Bonchev–Trinajstić information content (AvgIpc) is 2.46. The van der Waals surface area contributed by atoms with Crippen molar-refractivity contribution in [3.8, 4) is 5.75 Å². The van der Waals surface area contributed by atoms with Crippen LogP contribution in [0.15, 0.2) is 24.3 Å². The van der Waals surface area contributed by atoms with Gasteiger partial charge in [-0.1, -0.05) is 38.8 Å². The summed E-state index contributed by atoms with van der Waals surface area (Å²) in [5.41, 5.74) is 1.42. The van der Waals surface area contributed by atoms with Gasteiger partial charge in [0.15, 0.2) is 0 Å². The van der Waals surface area contributed by atoms with Gasteiger partial charge in [0.1, 0.15) is 5.75 Å². The van der Waals surface area contributed by atoms with E-state index < -0.39 is 0 Å². The maximum atomic E-state index is 5.34. The van der Waals surface area contributed by atoms with E-state index in [1.54, 1.807) is 7.11 Å². The van der Waals surface area contributed by atoms with Gasteiger partial charge in [0, 0.05) is 6.04 Å². The summed E-state index contributed by atoms with van der Waals surface area (Å²) in [5.74, 6) is 2.63. The third-order valence-corrected chi connectivity index (χ3v) is 4.49. The van der Waals surface area contributed by atoms with E-state index in [0.717, 1.165) is 17.6 Å². The lowest BCUT2D eigenvalue weighted by molar-refractivity contribution is 0.224. The van der Waals surface area contributed by atoms with E-state index in [1.807, 2.05) is 6.07 Å². The molecule has 1 aliphatic carbocycles. The molecule has 2 nitrogen and oxygen atoms in total. The number of hydrogen-bond acceptors (Lipinski definition) is 2. The fraction of sp³-hybridized carbons (Fsp3) is 0.667. The van der Waals surface area contributed by atoms with Gasteiger partial charge in [0.2, 0.25) is 0 Å². The van der Waals surface area contributed by atoms with Crippen molar-refractivity contribution in [3.63, 3.8) is 0 Å². The second-order valence-electron chi connectivity index (χ2n) is 6.42. The van der Waals surface area contributed by atoms with Gasteiger partial charge < -0.3 is 10.1 Å². The van der Waals surface area contributed by atoms with E-state index in [1.165, 1.54) is 44.2 Å². The second-order valence-corrected chi connectivity index (χ2v) is 6.42. The van der Waals surface area contributed by atoms with Gasteiger partial charge in [-0.15, -0.1) is 0 Å². The zero-order valence-corrected chi connectivity index (χ0v) is 13.2. The van der Waals surface area contributed by atoms with Gasteiger partial charge in [0.25, 0.3) is 0 Å². The van der Waals surface area contributed by atoms with Crippen molar-refractivity contribution >= 4 is 0 Å². The van der Waals surface area contributed by atoms with Crippen molar-refractivity contribution in [2.45, 2.75) is 52.0 Å². The Morgan fingerprint density at radius 2 is 1.95 bits per heavy atom. The normalized spacial score (nSPS) is 23.0. The summed E-state index contributed by atoms with van der Waals surface area (Å²) >= 11 is 0. The Hall–Kier alpha value is -1.02. The van der Waals surface area contributed by atoms with Gasteiger partial charge in [-0.3, -0.25) is 0 Å². The van der Waals surface area contributed by atoms with Crippen LogP contribution in [-0.2, 0) is 6.42 Å². The topological polar surface area (TPSA) is 21.3 Å². The SMILES string of the molecule is COc1cccc(CC2CCCCC2CNC(C)C)c1. The summed E-state index contributed by atoms with van der Waals surface area (Å²) in [5, 5.41) is 3.63. The maximum absolute atomic E-state index is 5.34. The minimum atomic E-state index is 0.592. The van der Waals surface area contributed by atoms with Gasteiger partial charge in [-0.05, 0) is 55.3 Å². The van der Waals surface area contributed by atoms with Crippen LogP contribution in [-0.4, -0.2) is 19.7 Å². The summed E-state index contributed by atoms with van der Waals surface area (Å²) in [6.45, 7) is 5.64. The Labute approximate surface area is 123 Å². The highest BCUT2D eigenvalue weighted by Gasteiger charge is 2.25. The predicted molar refractivity (Wildman–Crippen MR) is 85.3 cm³/mol. The third-order valence-electron chi connectivity index (χ3n) is 4.49. The zero-order valence-electron chi connectivity index (χ0n) is 13.2. The molecule has 0 aromatic heterocycles. The molecule has 2 atom stereocenters. The third kappa shape index (κ3) is 4.52. The van der Waals surface area contributed by atoms with Crippen LogP contribution in [0, 0.1) is 11.8 Å². The molecular weight excluding hydrogens is 246 g/mol. The number of methoxy groups -OCH3 is 1. The van der Waals surface area contributed by atoms with Crippen LogP contribution < -0.4 is 10.1 Å². The molecule has 0 amide bonds. The molecule has 1 fully saturated rings. The molecule has 1 aromatic rings. The van der Waals surface area contributed by atoms with Crippen LogP contribution in [0.1, 0.15) is 45.1 Å². The molecule has 1 saturated carbocycles. The first kappa shape index (κ1) is 15.4. The first-order chi connectivity index (χ1) is 9.69. The first-order valence-corrected chi connectivity index (χ1v) is 8.05. The molecule has 0 heterocycles. The Morgan fingerprint density at radius 1 is 1.20 bits per heavy atom. The van der Waals surface area contributed by atoms with Crippen molar-refractivity contribution in [1.82, 2.24) is 5.32 Å². The Morgan fingerprint density at radius 3 is 2.65 bits per heavy atom. The molecule has 1 N–H and O–H groups in total. The highest BCUT2D eigenvalue weighted by atomic mass is 16.5. The summed E-state index contributed by atoms with van der Waals surface area (Å²) in [4.78, 5) is 0. The van der Waals surface area contributed by atoms with Gasteiger partial charge in [-0.25, -0.2) is 0 Å². The van der Waals surface area contributed by atoms with Crippen LogP contribution in [0.5, 0.6) is 5.75 Å². The Bertz CT molecular complexity index is 402. The molecule has 0 bridgehead atoms. The fourth-order valence-electron chi connectivity index (χ4n) is 3.31. The summed E-state index contributed by atoms with van der Waals surface area (Å²) in [7, 11) is 1.75. The predicted octanol–water partition coefficient (Wildman–Crippen LogP) is 4.04. The molecule has 1 aliphatic rings. The second kappa shape index (κ2) is 7.68. The quantitative estimate of drug-likeness (QED) is 0.846. The molecule has 2 unspecified atom stereocenters. The van der Waals surface area contributed by atoms with E-state index in [2.05, 4.69) is 37.4 Å². The van der Waals surface area contributed by atoms with Crippen LogP contribution in [0.25, 0.3) is 0 Å². The average molecular weight is 275 g/mol. The highest BCUT2D eigenvalue weighted by Crippen LogP contribution is 2.32. The van der Waals surface area contributed by atoms with Gasteiger partial charge in [0.05, 0.1) is 7.11 Å². The first-order valence-electron chi connectivity index (χ1n) is 8.05. The number of hydrogen-bond donors (Lipinski definition) is 1. The number of benzene rings is 1. The minimum absolute atomic E-state index is 0.592. The van der Waals surface area contributed by atoms with Crippen molar-refractivity contribution in [2.75, 3.05) is 13.7 Å². The van der Waals surface area contributed by atoms with E-state index in [9.17, 15) is 0 Å². The molecule has 0 saturated heterocycles. The van der Waals surface area contributed by atoms with E-state index in [-0.39, 0.29) is 0 Å². The molecule has 2 heteroatoms. The highest BCUT2D eigenvalue weighted by molar-refractivity contribution is 5.28. The molecule has 0 aliphatic heterocycles. The van der Waals surface area contributed by atoms with Crippen molar-refractivity contribution in [3.05, 3.63) is 29.8 Å². The Kier molecular flexibility index (Phi) is 5.90. The minimum Gasteiger partial charge on any atom is -0.497 e. The molecule has 0 spiro atoms. The summed E-state index contributed by atoms with van der Waals surface area (Å²) in [6, 6.07) is 9.17. The number of rotatable bonds is 6. The molecule has 0 radical (unpaired) electrons. The standard InChI is InChI=1S/C18H29NO/c1-14(2)19-13-17-9-5-4-8-16(17)11-15-7-6-10-18(12-15)20-3/h6-7,10,12,14,16-17,19H,4-5,8-9,11,13H2,1-3H3. The van der Waals surface area contributed by atoms with E-state index in [0.29, 0.717) is 6.04 Å². The Balaban J connectivity index is 1.96. The monoisotopic (exact) mass is 275 g/mol. The van der Waals surface area contributed by atoms with Crippen molar-refractivity contribution in [2.24, 2.45) is 11.8 Å². The van der Waals surface area contributed by atoms with Crippen molar-refractivity contribution in [1.29, 1.82) is 0 Å². The van der Waals surface area contributed by atoms with E-state index >= 15 is 0 Å². The summed E-state index contributed by atoms with van der Waals surface area (Å²) < 4.78 is 5.34. The maximum Gasteiger partial charge on any atom is 0.119 e. The lowest BCUT2D eigenvalue weighted by atomic mass is 9.76. The number of nitrogens with one attached hydrogen (secondary N) is 1. The largest absolute Gasteiger partial charge is 0.497 e. The fourth-order valence-corrected chi connectivity index (χ4v) is 3.31. The van der Waals surface area contributed by atoms with Gasteiger partial charge in [-0.2, -0.15) is 0 Å². The van der Waals surface area contributed by atoms with Crippen molar-refractivity contribution < 1.29 is 4.74 Å². The molecular formula is C18H29NO. The van der Waals surface area contributed by atoms with Gasteiger partial charge >= 0.3 is 0 Å². The van der Waals surface area contributed by atoms with Crippen LogP contribution in [0.3, 0.4) is 0 Å². The van der Waals surface area contributed by atoms with Crippen LogP contribution in [0.2, 0.25) is 0 Å². The number of ether oxygens (including phenoxy) is 1. The molecule has 1 aromatic carbocycles. The molecule has 112 valence electrons. The lowest BCUT2D eigenvalue weighted by Gasteiger charge is -2.32. The van der Waals surface area contributed by atoms with Crippen LogP contribution >= 0.6 is 0 Å². The lowest BCUT2D eigenvalue weighted by Crippen LogP contribution is -2.34. The molecule has 2 rings (SSSR count). The van der Waals surface area contributed by atoms with E-state index in [4.69, 9.17) is 4.74 Å². The summed E-state index contributed by atoms with van der Waals surface area (Å²) in [6.07, 6.45) is 6.75. The smallest absolute Gasteiger partial charge is 0.119 e.